The molecule has 3 aromatic rings. The molecule has 0 aliphatic carbocycles. The number of amides is 4. The molecule has 322 valence electrons. The van der Waals surface area contributed by atoms with Gasteiger partial charge in [-0.05, 0) is 36.4 Å². The Bertz CT molecular complexity index is 2140. The lowest BCUT2D eigenvalue weighted by Crippen LogP contribution is -2.54. The van der Waals surface area contributed by atoms with Gasteiger partial charge in [-0.25, -0.2) is 9.18 Å². The molecule has 1 atom stereocenters. The third-order valence-corrected chi connectivity index (χ3v) is 11.0. The second kappa shape index (κ2) is 16.4. The van der Waals surface area contributed by atoms with E-state index in [1.165, 1.54) is 18.2 Å². The third-order valence-electron chi connectivity index (χ3n) is 11.0. The number of fused-ring (bicyclic) bond motifs is 6. The predicted octanol–water partition coefficient (Wildman–Crippen LogP) is 6.39. The number of hydrogen-bond donors (Lipinski definition) is 1. The van der Waals surface area contributed by atoms with E-state index < -0.39 is 40.4 Å². The maximum atomic E-state index is 14.7. The van der Waals surface area contributed by atoms with E-state index in [9.17, 15) is 33.5 Å². The smallest absolute Gasteiger partial charge is 0.340 e. The zero-order valence-corrected chi connectivity index (χ0v) is 36.1. The van der Waals surface area contributed by atoms with Gasteiger partial charge in [0, 0.05) is 103 Å². The molecule has 0 aromatic heterocycles. The first-order chi connectivity index (χ1) is 28.1. The lowest BCUT2D eigenvalue weighted by Gasteiger charge is -2.38. The van der Waals surface area contributed by atoms with Crippen LogP contribution in [0, 0.1) is 16.2 Å². The molecule has 3 heterocycles. The van der Waals surface area contributed by atoms with Crippen LogP contribution < -0.4 is 9.47 Å². The number of phenolic OH excluding ortho intramolecular Hbond substituents is 1. The van der Waals surface area contributed by atoms with Crippen LogP contribution in [0.4, 0.5) is 4.39 Å². The summed E-state index contributed by atoms with van der Waals surface area (Å²) in [6, 6.07) is 14.2. The Balaban J connectivity index is 1.38. The molecule has 1 saturated heterocycles. The van der Waals surface area contributed by atoms with Crippen molar-refractivity contribution in [3.8, 4) is 23.0 Å². The monoisotopic (exact) mass is 827 g/mol. The van der Waals surface area contributed by atoms with E-state index in [1.807, 2.05) is 62.3 Å². The largest absolute Gasteiger partial charge is 0.508 e. The Labute approximate surface area is 351 Å². The molecule has 6 rings (SSSR count). The minimum Gasteiger partial charge on any atom is -0.508 e. The summed E-state index contributed by atoms with van der Waals surface area (Å²) in [4.78, 5) is 76.7. The van der Waals surface area contributed by atoms with Gasteiger partial charge >= 0.3 is 5.97 Å². The number of phenols is 1. The van der Waals surface area contributed by atoms with Crippen molar-refractivity contribution in [3.63, 3.8) is 0 Å². The number of hydrogen-bond acceptors (Lipinski definition) is 9. The van der Waals surface area contributed by atoms with Crippen molar-refractivity contribution in [3.05, 3.63) is 82.4 Å². The van der Waals surface area contributed by atoms with Crippen molar-refractivity contribution < 1.29 is 47.7 Å². The number of aromatic hydroxyl groups is 1. The SMILES string of the molecule is CC(C)(C)C(=O)N1CCN(C(=O)c2ccc3c(c2)C(=O)OC32c3ccc(O)cc3Oc3cc(OCC[18F])ccc32)CCN(C(=O)C(C)(C)C)CCN(C(=O)C(C)(C)C)CC1. The van der Waals surface area contributed by atoms with E-state index in [4.69, 9.17) is 14.2 Å². The number of esters is 1. The van der Waals surface area contributed by atoms with E-state index in [2.05, 4.69) is 0 Å². The van der Waals surface area contributed by atoms with Gasteiger partial charge in [-0.15, -0.1) is 0 Å². The van der Waals surface area contributed by atoms with Crippen molar-refractivity contribution >= 4 is 29.6 Å². The lowest BCUT2D eigenvalue weighted by atomic mass is 9.77. The molecule has 3 aliphatic heterocycles. The molecule has 0 radical (unpaired) electrons. The Hall–Kier alpha value is -5.66. The van der Waals surface area contributed by atoms with Gasteiger partial charge in [0.1, 0.15) is 36.3 Å². The van der Waals surface area contributed by atoms with Crippen molar-refractivity contribution in [2.75, 3.05) is 65.6 Å². The third kappa shape index (κ3) is 8.64. The summed E-state index contributed by atoms with van der Waals surface area (Å²) in [6.07, 6.45) is 0. The zero-order valence-electron chi connectivity index (χ0n) is 36.1. The first-order valence-corrected chi connectivity index (χ1v) is 20.5. The first-order valence-electron chi connectivity index (χ1n) is 20.5. The number of halogens is 1. The quantitative estimate of drug-likeness (QED) is 0.296. The van der Waals surface area contributed by atoms with E-state index in [0.29, 0.717) is 22.4 Å². The standard InChI is InChI=1S/C46H57FN4O9/c1-43(2,3)40(55)49-19-17-48(18-20-50(41(56)44(4,5)6)22-24-51(23-21-49)42(57)45(7,8)9)38(53)29-10-13-33-32(26-29)39(54)60-46(33)34-14-11-30(52)27-36(34)59-37-28-31(58-25-16-47)12-15-35(37)46/h10-15,26-28,52H,16-25H2,1-9H3/i47-1. The van der Waals surface area contributed by atoms with Crippen LogP contribution in [0.25, 0.3) is 0 Å². The summed E-state index contributed by atoms with van der Waals surface area (Å²) in [6.45, 7) is 17.2. The number of carbonyl (C=O) groups is 5. The van der Waals surface area contributed by atoms with E-state index >= 15 is 0 Å². The van der Waals surface area contributed by atoms with Crippen LogP contribution in [0.2, 0.25) is 0 Å². The number of nitrogens with zero attached hydrogens (tertiary/aromatic N) is 4. The van der Waals surface area contributed by atoms with Crippen LogP contribution in [0.15, 0.2) is 54.6 Å². The minimum absolute atomic E-state index is 0.0741. The summed E-state index contributed by atoms with van der Waals surface area (Å²) < 4.78 is 30.9. The Morgan fingerprint density at radius 2 is 1.10 bits per heavy atom. The number of alkyl halides is 1. The van der Waals surface area contributed by atoms with Crippen LogP contribution >= 0.6 is 0 Å². The van der Waals surface area contributed by atoms with Gasteiger partial charge in [0.2, 0.25) is 17.7 Å². The van der Waals surface area contributed by atoms with Gasteiger partial charge < -0.3 is 38.9 Å². The summed E-state index contributed by atoms with van der Waals surface area (Å²) in [5.74, 6) is -0.661. The fraction of sp³-hybridized carbons (Fsp3) is 0.500. The van der Waals surface area contributed by atoms with E-state index in [0.717, 1.165) is 0 Å². The normalized spacial score (nSPS) is 18.7. The minimum atomic E-state index is -1.51. The maximum absolute atomic E-state index is 14.7. The number of ether oxygens (including phenoxy) is 3. The van der Waals surface area contributed by atoms with Crippen LogP contribution in [-0.2, 0) is 24.7 Å². The molecule has 1 fully saturated rings. The second-order valence-corrected chi connectivity index (χ2v) is 18.7. The summed E-state index contributed by atoms with van der Waals surface area (Å²) in [5.41, 5.74) is -1.95. The number of rotatable bonds is 4. The van der Waals surface area contributed by atoms with Crippen LogP contribution in [0.5, 0.6) is 23.0 Å². The Morgan fingerprint density at radius 3 is 1.58 bits per heavy atom. The van der Waals surface area contributed by atoms with Crippen LogP contribution in [0.3, 0.4) is 0 Å². The van der Waals surface area contributed by atoms with Crippen LogP contribution in [-0.4, -0.2) is 120 Å². The molecule has 0 saturated carbocycles. The van der Waals surface area contributed by atoms with Gasteiger partial charge in [-0.2, -0.15) is 0 Å². The average Bonchev–Trinajstić information content (AvgIpc) is 3.46. The molecule has 1 spiro atoms. The average molecular weight is 828 g/mol. The predicted molar refractivity (Wildman–Crippen MR) is 222 cm³/mol. The fourth-order valence-corrected chi connectivity index (χ4v) is 7.91. The molecule has 1 N–H and O–H groups in total. The molecular formula is C46H57FN4O9. The molecule has 4 amide bonds. The highest BCUT2D eigenvalue weighted by Gasteiger charge is 2.54. The van der Waals surface area contributed by atoms with Gasteiger partial charge in [-0.3, -0.25) is 19.2 Å². The fourth-order valence-electron chi connectivity index (χ4n) is 7.91. The first kappa shape index (κ1) is 43.9. The molecule has 1 unspecified atom stereocenters. The lowest BCUT2D eigenvalue weighted by molar-refractivity contribution is -0.145. The summed E-state index contributed by atoms with van der Waals surface area (Å²) >= 11 is 0. The van der Waals surface area contributed by atoms with Crippen molar-refractivity contribution in [2.24, 2.45) is 16.2 Å². The topological polar surface area (TPSA) is 146 Å². The maximum Gasteiger partial charge on any atom is 0.340 e. The highest BCUT2D eigenvalue weighted by molar-refractivity contribution is 6.02. The molecular weight excluding hydrogens is 771 g/mol. The van der Waals surface area contributed by atoms with Gasteiger partial charge in [0.25, 0.3) is 5.91 Å². The van der Waals surface area contributed by atoms with Gasteiger partial charge in [0.05, 0.1) is 5.56 Å². The van der Waals surface area contributed by atoms with Gasteiger partial charge in [-0.1, -0.05) is 68.4 Å². The molecule has 60 heavy (non-hydrogen) atoms. The zero-order chi connectivity index (χ0) is 43.9. The van der Waals surface area contributed by atoms with E-state index in [-0.39, 0.29) is 105 Å². The van der Waals surface area contributed by atoms with Crippen molar-refractivity contribution in [1.29, 1.82) is 0 Å². The van der Waals surface area contributed by atoms with Crippen molar-refractivity contribution in [1.82, 2.24) is 19.6 Å². The number of carbonyl (C=O) groups excluding carboxylic acids is 5. The van der Waals surface area contributed by atoms with Crippen LogP contribution in [0.1, 0.15) is 99.7 Å². The van der Waals surface area contributed by atoms with E-state index in [1.54, 1.807) is 56.0 Å². The van der Waals surface area contributed by atoms with Crippen molar-refractivity contribution in [2.45, 2.75) is 67.9 Å². The summed E-state index contributed by atoms with van der Waals surface area (Å²) in [7, 11) is 0. The number of benzene rings is 3. The highest BCUT2D eigenvalue weighted by Crippen LogP contribution is 2.57. The molecule has 3 aromatic carbocycles. The molecule has 14 heteroatoms. The summed E-state index contributed by atoms with van der Waals surface area (Å²) in [5, 5.41) is 10.4. The van der Waals surface area contributed by atoms with Gasteiger partial charge in [0.15, 0.2) is 5.60 Å². The Kier molecular flexibility index (Phi) is 12.0. The molecule has 3 aliphatic rings. The molecule has 0 bridgehead atoms. The second-order valence-electron chi connectivity index (χ2n) is 18.7. The highest BCUT2D eigenvalue weighted by atomic mass is 18.2. The Morgan fingerprint density at radius 1 is 0.650 bits per heavy atom. The molecule has 13 nitrogen and oxygen atoms in total.